The lowest BCUT2D eigenvalue weighted by molar-refractivity contribution is -0.139. The topological polar surface area (TPSA) is 97.5 Å². The summed E-state index contributed by atoms with van der Waals surface area (Å²) < 4.78 is 0. The molecule has 0 heterocycles. The molecule has 2 unspecified atom stereocenters. The molecule has 6 heteroatoms. The summed E-state index contributed by atoms with van der Waals surface area (Å²) in [6.45, 7) is 5.34. The van der Waals surface area contributed by atoms with Crippen molar-refractivity contribution in [2.45, 2.75) is 52.5 Å². The molecule has 0 aliphatic carbocycles. The van der Waals surface area contributed by atoms with Crippen molar-refractivity contribution in [3.05, 3.63) is 0 Å². The number of hydrogen-bond donors (Lipinski definition) is 1. The molecule has 0 spiro atoms. The van der Waals surface area contributed by atoms with E-state index in [2.05, 4.69) is 0 Å². The SMILES string of the molecule is CC(C=O)CC(=O)N(C)C(CN)C(=O)CCCC(=O)C(C)C. The highest BCUT2D eigenvalue weighted by atomic mass is 16.2. The molecule has 22 heavy (non-hydrogen) atoms. The molecule has 0 aliphatic rings. The number of Topliss-reactive ketones (excluding diaryl/α,β-unsaturated/α-hetero) is 2. The lowest BCUT2D eigenvalue weighted by atomic mass is 9.99. The first-order valence-electron chi connectivity index (χ1n) is 7.71. The standard InChI is InChI=1S/C16H28N2O4/c1-11(2)14(20)6-5-7-15(21)13(9-17)18(4)16(22)8-12(3)10-19/h10-13H,5-9,17H2,1-4H3. The number of nitrogens with zero attached hydrogens (tertiary/aromatic N) is 1. The normalized spacial score (nSPS) is 13.5. The minimum absolute atomic E-state index is 0.0329. The van der Waals surface area contributed by atoms with Gasteiger partial charge in [-0.1, -0.05) is 20.8 Å². The highest BCUT2D eigenvalue weighted by Gasteiger charge is 2.26. The lowest BCUT2D eigenvalue weighted by Crippen LogP contribution is -2.47. The average Bonchev–Trinajstić information content (AvgIpc) is 2.47. The summed E-state index contributed by atoms with van der Waals surface area (Å²) in [5.74, 6) is -0.710. The van der Waals surface area contributed by atoms with Gasteiger partial charge in [-0.05, 0) is 6.42 Å². The number of aldehydes is 1. The summed E-state index contributed by atoms with van der Waals surface area (Å²) in [4.78, 5) is 47.6. The maximum absolute atomic E-state index is 12.2. The highest BCUT2D eigenvalue weighted by Crippen LogP contribution is 2.10. The summed E-state index contributed by atoms with van der Waals surface area (Å²) in [5.41, 5.74) is 5.60. The van der Waals surface area contributed by atoms with Crippen molar-refractivity contribution < 1.29 is 19.2 Å². The summed E-state index contributed by atoms with van der Waals surface area (Å²) in [5, 5.41) is 0. The van der Waals surface area contributed by atoms with Crippen LogP contribution in [0.2, 0.25) is 0 Å². The second-order valence-corrected chi connectivity index (χ2v) is 6.01. The monoisotopic (exact) mass is 312 g/mol. The van der Waals surface area contributed by atoms with Crippen molar-refractivity contribution in [2.24, 2.45) is 17.6 Å². The zero-order chi connectivity index (χ0) is 17.3. The molecule has 6 nitrogen and oxygen atoms in total. The van der Waals surface area contributed by atoms with Gasteiger partial charge in [0.25, 0.3) is 0 Å². The van der Waals surface area contributed by atoms with Crippen LogP contribution in [0.15, 0.2) is 0 Å². The fourth-order valence-corrected chi connectivity index (χ4v) is 2.04. The third-order valence-corrected chi connectivity index (χ3v) is 3.68. The minimum atomic E-state index is -0.694. The van der Waals surface area contributed by atoms with Crippen LogP contribution in [0.25, 0.3) is 0 Å². The van der Waals surface area contributed by atoms with Crippen LogP contribution in [0.1, 0.15) is 46.5 Å². The Morgan fingerprint density at radius 3 is 2.09 bits per heavy atom. The Bertz CT molecular complexity index is 407. The maximum atomic E-state index is 12.2. The van der Waals surface area contributed by atoms with E-state index in [0.29, 0.717) is 19.1 Å². The molecular weight excluding hydrogens is 284 g/mol. The van der Waals surface area contributed by atoms with Crippen LogP contribution in [0.4, 0.5) is 0 Å². The second kappa shape index (κ2) is 10.2. The Kier molecular flexibility index (Phi) is 9.49. The Balaban J connectivity index is 4.48. The number of amides is 1. The van der Waals surface area contributed by atoms with E-state index >= 15 is 0 Å². The molecule has 0 fully saturated rings. The first kappa shape index (κ1) is 20.4. The van der Waals surface area contributed by atoms with Gasteiger partial charge in [-0.15, -0.1) is 0 Å². The van der Waals surface area contributed by atoms with Gasteiger partial charge in [-0.2, -0.15) is 0 Å². The maximum Gasteiger partial charge on any atom is 0.223 e. The molecule has 2 N–H and O–H groups in total. The molecule has 0 bridgehead atoms. The number of nitrogens with two attached hydrogens (primary N) is 1. The summed E-state index contributed by atoms with van der Waals surface area (Å²) in [6.07, 6.45) is 1.83. The first-order chi connectivity index (χ1) is 10.2. The zero-order valence-corrected chi connectivity index (χ0v) is 14.0. The second-order valence-electron chi connectivity index (χ2n) is 6.01. The molecule has 126 valence electrons. The molecule has 0 rings (SSSR count). The number of hydrogen-bond acceptors (Lipinski definition) is 5. The number of rotatable bonds is 11. The van der Waals surface area contributed by atoms with Crippen LogP contribution in [0.5, 0.6) is 0 Å². The molecule has 2 atom stereocenters. The van der Waals surface area contributed by atoms with Crippen molar-refractivity contribution in [3.63, 3.8) is 0 Å². The Morgan fingerprint density at radius 1 is 1.09 bits per heavy atom. The molecular formula is C16H28N2O4. The summed E-state index contributed by atoms with van der Waals surface area (Å²) in [6, 6.07) is -0.694. The van der Waals surface area contributed by atoms with E-state index in [1.165, 1.54) is 11.9 Å². The van der Waals surface area contributed by atoms with Crippen molar-refractivity contribution in [3.8, 4) is 0 Å². The largest absolute Gasteiger partial charge is 0.334 e. The quantitative estimate of drug-likeness (QED) is 0.573. The van der Waals surface area contributed by atoms with E-state index in [1.54, 1.807) is 6.92 Å². The van der Waals surface area contributed by atoms with E-state index in [1.807, 2.05) is 13.8 Å². The van der Waals surface area contributed by atoms with E-state index < -0.39 is 6.04 Å². The smallest absolute Gasteiger partial charge is 0.223 e. The average molecular weight is 312 g/mol. The first-order valence-corrected chi connectivity index (χ1v) is 7.71. The molecule has 0 aromatic rings. The molecule has 0 aromatic carbocycles. The molecule has 0 saturated heterocycles. The third kappa shape index (κ3) is 6.93. The predicted molar refractivity (Wildman–Crippen MR) is 84.2 cm³/mol. The van der Waals surface area contributed by atoms with E-state index in [9.17, 15) is 19.2 Å². The van der Waals surface area contributed by atoms with Crippen molar-refractivity contribution >= 4 is 23.8 Å². The van der Waals surface area contributed by atoms with E-state index in [0.717, 1.165) is 0 Å². The minimum Gasteiger partial charge on any atom is -0.334 e. The van der Waals surface area contributed by atoms with Crippen LogP contribution in [0.3, 0.4) is 0 Å². The van der Waals surface area contributed by atoms with Gasteiger partial charge in [0.15, 0.2) is 5.78 Å². The third-order valence-electron chi connectivity index (χ3n) is 3.68. The fraction of sp³-hybridized carbons (Fsp3) is 0.750. The predicted octanol–water partition coefficient (Wildman–Crippen LogP) is 0.962. The van der Waals surface area contributed by atoms with Crippen LogP contribution in [0, 0.1) is 11.8 Å². The highest BCUT2D eigenvalue weighted by molar-refractivity contribution is 5.90. The van der Waals surface area contributed by atoms with Gasteiger partial charge in [-0.25, -0.2) is 0 Å². The molecule has 0 aromatic heterocycles. The molecule has 1 amide bonds. The Hall–Kier alpha value is -1.56. The van der Waals surface area contributed by atoms with Gasteiger partial charge < -0.3 is 15.4 Å². The zero-order valence-electron chi connectivity index (χ0n) is 14.0. The van der Waals surface area contributed by atoms with Gasteiger partial charge in [-0.3, -0.25) is 14.4 Å². The molecule has 0 saturated carbocycles. The Morgan fingerprint density at radius 2 is 1.64 bits per heavy atom. The van der Waals surface area contributed by atoms with Gasteiger partial charge in [0.05, 0.1) is 0 Å². The van der Waals surface area contributed by atoms with Gasteiger partial charge in [0.1, 0.15) is 18.1 Å². The van der Waals surface area contributed by atoms with Gasteiger partial charge in [0.2, 0.25) is 5.91 Å². The number of ketones is 2. The van der Waals surface area contributed by atoms with E-state index in [4.69, 9.17) is 5.73 Å². The van der Waals surface area contributed by atoms with Crippen LogP contribution in [-0.4, -0.2) is 48.3 Å². The number of carbonyl (C=O) groups excluding carboxylic acids is 4. The van der Waals surface area contributed by atoms with Gasteiger partial charge in [0, 0.05) is 44.7 Å². The summed E-state index contributed by atoms with van der Waals surface area (Å²) in [7, 11) is 1.52. The Labute approximate surface area is 132 Å². The fourth-order valence-electron chi connectivity index (χ4n) is 2.04. The van der Waals surface area contributed by atoms with Crippen molar-refractivity contribution in [1.29, 1.82) is 0 Å². The van der Waals surface area contributed by atoms with Crippen LogP contribution in [-0.2, 0) is 19.2 Å². The van der Waals surface area contributed by atoms with E-state index in [-0.39, 0.29) is 48.7 Å². The number of likely N-dealkylation sites (N-methyl/N-ethyl adjacent to an activating group) is 1. The van der Waals surface area contributed by atoms with Crippen LogP contribution < -0.4 is 5.73 Å². The molecule has 0 radical (unpaired) electrons. The van der Waals surface area contributed by atoms with Crippen molar-refractivity contribution in [2.75, 3.05) is 13.6 Å². The number of carbonyl (C=O) groups is 4. The van der Waals surface area contributed by atoms with Gasteiger partial charge >= 0.3 is 0 Å². The summed E-state index contributed by atoms with van der Waals surface area (Å²) >= 11 is 0. The molecule has 0 aliphatic heterocycles. The lowest BCUT2D eigenvalue weighted by Gasteiger charge is -2.26. The van der Waals surface area contributed by atoms with Crippen LogP contribution >= 0.6 is 0 Å². The van der Waals surface area contributed by atoms with Crippen molar-refractivity contribution in [1.82, 2.24) is 4.90 Å².